The van der Waals surface area contributed by atoms with Crippen LogP contribution in [0, 0.1) is 11.3 Å². The molecule has 2 rings (SSSR count). The molecule has 0 aromatic carbocycles. The van der Waals surface area contributed by atoms with Crippen LogP contribution in [0.25, 0.3) is 0 Å². The summed E-state index contributed by atoms with van der Waals surface area (Å²) < 4.78 is 5.33. The standard InChI is InChI=1S/C12H16N4O/c1-16(9-4-6-17-7-5-9)12-3-2-10(14)11(8-13)15-12/h2-3,9H,4-7,14H2,1H3. The third kappa shape index (κ3) is 2.48. The summed E-state index contributed by atoms with van der Waals surface area (Å²) in [6.45, 7) is 1.57. The quantitative estimate of drug-likeness (QED) is 0.827. The van der Waals surface area contributed by atoms with E-state index in [9.17, 15) is 0 Å². The maximum Gasteiger partial charge on any atom is 0.165 e. The molecule has 1 fully saturated rings. The summed E-state index contributed by atoms with van der Waals surface area (Å²) in [4.78, 5) is 6.36. The van der Waals surface area contributed by atoms with E-state index in [2.05, 4.69) is 9.88 Å². The summed E-state index contributed by atoms with van der Waals surface area (Å²) in [5.74, 6) is 0.794. The molecule has 1 aliphatic heterocycles. The van der Waals surface area contributed by atoms with E-state index in [1.165, 1.54) is 0 Å². The normalized spacial score (nSPS) is 16.5. The van der Waals surface area contributed by atoms with Gasteiger partial charge in [-0.25, -0.2) is 4.98 Å². The molecule has 90 valence electrons. The summed E-state index contributed by atoms with van der Waals surface area (Å²) in [6, 6.07) is 6.01. The largest absolute Gasteiger partial charge is 0.396 e. The Hall–Kier alpha value is -1.80. The van der Waals surface area contributed by atoms with Crippen molar-refractivity contribution < 1.29 is 4.74 Å². The van der Waals surface area contributed by atoms with Crippen LogP contribution < -0.4 is 10.6 Å². The number of nitrogen functional groups attached to an aromatic ring is 1. The number of hydrogen-bond donors (Lipinski definition) is 1. The fourth-order valence-corrected chi connectivity index (χ4v) is 2.01. The second-order valence-electron chi connectivity index (χ2n) is 4.17. The van der Waals surface area contributed by atoms with Crippen molar-refractivity contribution in [1.29, 1.82) is 5.26 Å². The van der Waals surface area contributed by atoms with Crippen LogP contribution in [0.5, 0.6) is 0 Å². The van der Waals surface area contributed by atoms with E-state index in [1.807, 2.05) is 19.2 Å². The van der Waals surface area contributed by atoms with Crippen molar-refractivity contribution >= 4 is 11.5 Å². The summed E-state index contributed by atoms with van der Waals surface area (Å²) >= 11 is 0. The molecule has 1 saturated heterocycles. The third-order valence-corrected chi connectivity index (χ3v) is 3.12. The first kappa shape index (κ1) is 11.7. The third-order valence-electron chi connectivity index (χ3n) is 3.12. The predicted octanol–water partition coefficient (Wildman–Crippen LogP) is 1.15. The van der Waals surface area contributed by atoms with Crippen LogP contribution in [0.4, 0.5) is 11.5 Å². The van der Waals surface area contributed by atoms with Gasteiger partial charge in [0, 0.05) is 26.3 Å². The van der Waals surface area contributed by atoms with Crippen LogP contribution >= 0.6 is 0 Å². The van der Waals surface area contributed by atoms with Crippen molar-refractivity contribution in [3.8, 4) is 6.07 Å². The SMILES string of the molecule is CN(c1ccc(N)c(C#N)n1)C1CCOCC1. The van der Waals surface area contributed by atoms with E-state index in [-0.39, 0.29) is 0 Å². The first-order chi connectivity index (χ1) is 8.22. The monoisotopic (exact) mass is 232 g/mol. The molecule has 0 radical (unpaired) electrons. The van der Waals surface area contributed by atoms with Gasteiger partial charge in [0.15, 0.2) is 5.69 Å². The Morgan fingerprint density at radius 2 is 2.18 bits per heavy atom. The lowest BCUT2D eigenvalue weighted by Gasteiger charge is -2.32. The van der Waals surface area contributed by atoms with E-state index in [0.29, 0.717) is 17.4 Å². The van der Waals surface area contributed by atoms with Gasteiger partial charge in [0.1, 0.15) is 11.9 Å². The lowest BCUT2D eigenvalue weighted by Crippen LogP contribution is -2.37. The molecule has 0 bridgehead atoms. The minimum absolute atomic E-state index is 0.293. The fourth-order valence-electron chi connectivity index (χ4n) is 2.01. The van der Waals surface area contributed by atoms with Gasteiger partial charge < -0.3 is 15.4 Å². The Kier molecular flexibility index (Phi) is 3.45. The second-order valence-corrected chi connectivity index (χ2v) is 4.17. The van der Waals surface area contributed by atoms with Crippen molar-refractivity contribution in [2.75, 3.05) is 30.9 Å². The van der Waals surface area contributed by atoms with Crippen molar-refractivity contribution in [2.45, 2.75) is 18.9 Å². The summed E-state index contributed by atoms with van der Waals surface area (Å²) in [5, 5.41) is 8.90. The average molecular weight is 232 g/mol. The number of aromatic nitrogens is 1. The zero-order chi connectivity index (χ0) is 12.3. The molecule has 1 aromatic heterocycles. The Morgan fingerprint density at radius 1 is 1.47 bits per heavy atom. The van der Waals surface area contributed by atoms with E-state index in [4.69, 9.17) is 15.7 Å². The van der Waals surface area contributed by atoms with Crippen LogP contribution in [0.15, 0.2) is 12.1 Å². The lowest BCUT2D eigenvalue weighted by atomic mass is 10.1. The molecular formula is C12H16N4O. The lowest BCUT2D eigenvalue weighted by molar-refractivity contribution is 0.0853. The van der Waals surface area contributed by atoms with Gasteiger partial charge in [0.05, 0.1) is 5.69 Å². The molecule has 0 aliphatic carbocycles. The maximum absolute atomic E-state index is 8.90. The van der Waals surface area contributed by atoms with Gasteiger partial charge >= 0.3 is 0 Å². The Balaban J connectivity index is 2.18. The summed E-state index contributed by atoms with van der Waals surface area (Å²) in [5.41, 5.74) is 6.38. The van der Waals surface area contributed by atoms with E-state index in [0.717, 1.165) is 31.9 Å². The van der Waals surface area contributed by atoms with E-state index >= 15 is 0 Å². The smallest absolute Gasteiger partial charge is 0.165 e. The maximum atomic E-state index is 8.90. The first-order valence-corrected chi connectivity index (χ1v) is 5.69. The van der Waals surface area contributed by atoms with Crippen molar-refractivity contribution in [2.24, 2.45) is 0 Å². The van der Waals surface area contributed by atoms with Gasteiger partial charge in [-0.1, -0.05) is 0 Å². The molecule has 0 amide bonds. The van der Waals surface area contributed by atoms with Crippen molar-refractivity contribution in [3.05, 3.63) is 17.8 Å². The predicted molar refractivity (Wildman–Crippen MR) is 65.6 cm³/mol. The molecule has 1 aliphatic rings. The van der Waals surface area contributed by atoms with E-state index in [1.54, 1.807) is 6.07 Å². The highest BCUT2D eigenvalue weighted by molar-refractivity contribution is 5.55. The zero-order valence-corrected chi connectivity index (χ0v) is 9.89. The van der Waals surface area contributed by atoms with Gasteiger partial charge in [-0.3, -0.25) is 0 Å². The first-order valence-electron chi connectivity index (χ1n) is 5.69. The van der Waals surface area contributed by atoms with Crippen LogP contribution in [0.1, 0.15) is 18.5 Å². The molecule has 5 heteroatoms. The minimum Gasteiger partial charge on any atom is -0.396 e. The summed E-state index contributed by atoms with van der Waals surface area (Å²) in [6.07, 6.45) is 1.98. The number of rotatable bonds is 2. The Labute approximate surface area is 101 Å². The molecule has 0 spiro atoms. The van der Waals surface area contributed by atoms with E-state index < -0.39 is 0 Å². The Morgan fingerprint density at radius 3 is 2.82 bits per heavy atom. The number of nitrogens with zero attached hydrogens (tertiary/aromatic N) is 3. The molecule has 0 atom stereocenters. The molecule has 17 heavy (non-hydrogen) atoms. The highest BCUT2D eigenvalue weighted by atomic mass is 16.5. The molecule has 0 unspecified atom stereocenters. The van der Waals surface area contributed by atoms with Crippen LogP contribution in [-0.2, 0) is 4.74 Å². The Bertz CT molecular complexity index is 435. The minimum atomic E-state index is 0.293. The molecule has 1 aromatic rings. The number of ether oxygens (including phenoxy) is 1. The van der Waals surface area contributed by atoms with Crippen molar-refractivity contribution in [3.63, 3.8) is 0 Å². The summed E-state index contributed by atoms with van der Waals surface area (Å²) in [7, 11) is 2.00. The fraction of sp³-hybridized carbons (Fsp3) is 0.500. The molecule has 5 nitrogen and oxygen atoms in total. The van der Waals surface area contributed by atoms with Crippen LogP contribution in [0.3, 0.4) is 0 Å². The van der Waals surface area contributed by atoms with Crippen molar-refractivity contribution in [1.82, 2.24) is 4.98 Å². The second kappa shape index (κ2) is 5.02. The number of hydrogen-bond acceptors (Lipinski definition) is 5. The van der Waals surface area contributed by atoms with Gasteiger partial charge in [-0.2, -0.15) is 5.26 Å². The highest BCUT2D eigenvalue weighted by Crippen LogP contribution is 2.21. The molecule has 2 N–H and O–H groups in total. The zero-order valence-electron chi connectivity index (χ0n) is 9.89. The number of nitriles is 1. The van der Waals surface area contributed by atoms with Crippen LogP contribution in [0.2, 0.25) is 0 Å². The molecule has 0 saturated carbocycles. The van der Waals surface area contributed by atoms with Crippen LogP contribution in [-0.4, -0.2) is 31.3 Å². The number of nitrogens with two attached hydrogens (primary N) is 1. The topological polar surface area (TPSA) is 75.2 Å². The average Bonchev–Trinajstić information content (AvgIpc) is 2.39. The highest BCUT2D eigenvalue weighted by Gasteiger charge is 2.20. The van der Waals surface area contributed by atoms with Gasteiger partial charge in [0.2, 0.25) is 0 Å². The van der Waals surface area contributed by atoms with Gasteiger partial charge in [-0.05, 0) is 25.0 Å². The number of anilines is 2. The molecular weight excluding hydrogens is 216 g/mol. The van der Waals surface area contributed by atoms with Gasteiger partial charge in [0.25, 0.3) is 0 Å². The molecule has 2 heterocycles. The number of pyridine rings is 1. The van der Waals surface area contributed by atoms with Gasteiger partial charge in [-0.15, -0.1) is 0 Å².